The SMILES string of the molecule is Cn1cnnc1Sc1ccc(C(=O)N[C@@H](c2ccccc2F)c2nccn2C)cc1[N+](=O)[O-]. The van der Waals surface area contributed by atoms with Gasteiger partial charge in [0.25, 0.3) is 11.6 Å². The van der Waals surface area contributed by atoms with Crippen LogP contribution in [0.25, 0.3) is 0 Å². The summed E-state index contributed by atoms with van der Waals surface area (Å²) in [5.74, 6) is -0.700. The fourth-order valence-corrected chi connectivity index (χ4v) is 4.06. The Hall–Kier alpha value is -4.06. The van der Waals surface area contributed by atoms with Crippen molar-refractivity contribution >= 4 is 23.4 Å². The van der Waals surface area contributed by atoms with E-state index in [1.807, 2.05) is 0 Å². The first-order valence-corrected chi connectivity index (χ1v) is 10.5. The van der Waals surface area contributed by atoms with E-state index in [1.165, 1.54) is 30.6 Å². The summed E-state index contributed by atoms with van der Waals surface area (Å²) >= 11 is 1.06. The van der Waals surface area contributed by atoms with Crippen LogP contribution in [-0.2, 0) is 14.1 Å². The zero-order chi connectivity index (χ0) is 23.5. The average Bonchev–Trinajstić information content (AvgIpc) is 3.40. The van der Waals surface area contributed by atoms with Crippen LogP contribution in [0.3, 0.4) is 0 Å². The zero-order valence-corrected chi connectivity index (χ0v) is 18.4. The third kappa shape index (κ3) is 4.60. The summed E-state index contributed by atoms with van der Waals surface area (Å²) in [7, 11) is 3.45. The maximum absolute atomic E-state index is 14.6. The number of rotatable bonds is 7. The molecule has 10 nitrogen and oxygen atoms in total. The molecule has 12 heteroatoms. The molecule has 1 atom stereocenters. The second-order valence-corrected chi connectivity index (χ2v) is 8.10. The molecular formula is C21H18FN7O3S. The van der Waals surface area contributed by atoms with Crippen molar-refractivity contribution in [3.8, 4) is 0 Å². The highest BCUT2D eigenvalue weighted by Gasteiger charge is 2.26. The molecule has 0 radical (unpaired) electrons. The first-order chi connectivity index (χ1) is 15.8. The van der Waals surface area contributed by atoms with Gasteiger partial charge in [-0.05, 0) is 30.0 Å². The molecule has 4 aromatic rings. The zero-order valence-electron chi connectivity index (χ0n) is 17.5. The molecule has 2 heterocycles. The van der Waals surface area contributed by atoms with Gasteiger partial charge in [-0.3, -0.25) is 14.9 Å². The number of nitrogens with zero attached hydrogens (tertiary/aromatic N) is 6. The van der Waals surface area contributed by atoms with Crippen LogP contribution in [0.4, 0.5) is 10.1 Å². The number of hydrogen-bond acceptors (Lipinski definition) is 7. The first-order valence-electron chi connectivity index (χ1n) is 9.68. The predicted octanol–water partition coefficient (Wildman–Crippen LogP) is 3.27. The van der Waals surface area contributed by atoms with Crippen molar-refractivity contribution < 1.29 is 14.1 Å². The molecule has 0 aliphatic heterocycles. The topological polar surface area (TPSA) is 121 Å². The van der Waals surface area contributed by atoms with Crippen molar-refractivity contribution in [3.63, 3.8) is 0 Å². The van der Waals surface area contributed by atoms with E-state index < -0.39 is 22.7 Å². The molecule has 0 spiro atoms. The lowest BCUT2D eigenvalue weighted by Crippen LogP contribution is -2.31. The van der Waals surface area contributed by atoms with Gasteiger partial charge in [-0.15, -0.1) is 10.2 Å². The minimum atomic E-state index is -0.898. The Morgan fingerprint density at radius 2 is 2.00 bits per heavy atom. The summed E-state index contributed by atoms with van der Waals surface area (Å²) in [5.41, 5.74) is 0.0266. The van der Waals surface area contributed by atoms with Gasteiger partial charge in [0.15, 0.2) is 5.16 Å². The Kier molecular flexibility index (Phi) is 6.18. The van der Waals surface area contributed by atoms with Crippen molar-refractivity contribution in [1.82, 2.24) is 29.6 Å². The van der Waals surface area contributed by atoms with E-state index in [2.05, 4.69) is 20.5 Å². The highest BCUT2D eigenvalue weighted by molar-refractivity contribution is 7.99. The Bertz CT molecular complexity index is 1340. The molecule has 2 aromatic heterocycles. The molecular weight excluding hydrogens is 449 g/mol. The number of halogens is 1. The highest BCUT2D eigenvalue weighted by atomic mass is 32.2. The number of nitro benzene ring substituents is 1. The van der Waals surface area contributed by atoms with Crippen molar-refractivity contribution in [2.75, 3.05) is 0 Å². The third-order valence-corrected chi connectivity index (χ3v) is 6.01. The normalized spacial score (nSPS) is 11.8. The fraction of sp³-hybridized carbons (Fsp3) is 0.143. The molecule has 0 aliphatic carbocycles. The Labute approximate surface area is 191 Å². The summed E-state index contributed by atoms with van der Waals surface area (Å²) in [6.07, 6.45) is 4.70. The van der Waals surface area contributed by atoms with E-state index in [0.717, 1.165) is 11.8 Å². The predicted molar refractivity (Wildman–Crippen MR) is 117 cm³/mol. The molecule has 0 fully saturated rings. The van der Waals surface area contributed by atoms with Crippen LogP contribution in [0, 0.1) is 15.9 Å². The van der Waals surface area contributed by atoms with Crippen LogP contribution >= 0.6 is 11.8 Å². The van der Waals surface area contributed by atoms with Gasteiger partial charge in [0.1, 0.15) is 24.0 Å². The van der Waals surface area contributed by atoms with Gasteiger partial charge in [0.2, 0.25) is 0 Å². The van der Waals surface area contributed by atoms with Crippen molar-refractivity contribution in [3.05, 3.63) is 94.1 Å². The first kappa shape index (κ1) is 22.1. The molecule has 0 saturated carbocycles. The molecule has 0 unspecified atom stereocenters. The van der Waals surface area contributed by atoms with Gasteiger partial charge >= 0.3 is 0 Å². The molecule has 1 N–H and O–H groups in total. The van der Waals surface area contributed by atoms with E-state index in [1.54, 1.807) is 53.8 Å². The number of hydrogen-bond donors (Lipinski definition) is 1. The fourth-order valence-electron chi connectivity index (χ4n) is 3.21. The van der Waals surface area contributed by atoms with Gasteiger partial charge in [-0.2, -0.15) is 0 Å². The second kappa shape index (κ2) is 9.20. The number of carbonyl (C=O) groups is 1. The molecule has 33 heavy (non-hydrogen) atoms. The number of amides is 1. The summed E-state index contributed by atoms with van der Waals surface area (Å²) in [4.78, 5) is 28.7. The van der Waals surface area contributed by atoms with Crippen LogP contribution in [0.2, 0.25) is 0 Å². The Morgan fingerprint density at radius 1 is 1.21 bits per heavy atom. The van der Waals surface area contributed by atoms with Crippen molar-refractivity contribution in [2.45, 2.75) is 16.1 Å². The number of aromatic nitrogens is 5. The van der Waals surface area contributed by atoms with Gasteiger partial charge in [-0.25, -0.2) is 9.37 Å². The quantitative estimate of drug-likeness (QED) is 0.327. The van der Waals surface area contributed by atoms with Gasteiger partial charge in [0.05, 0.1) is 9.82 Å². The minimum Gasteiger partial charge on any atom is -0.338 e. The lowest BCUT2D eigenvalue weighted by molar-refractivity contribution is -0.387. The highest BCUT2D eigenvalue weighted by Crippen LogP contribution is 2.34. The van der Waals surface area contributed by atoms with Crippen molar-refractivity contribution in [2.24, 2.45) is 14.1 Å². The standard InChI is InChI=1S/C21H18FN7O3S/c1-27-10-9-23-19(27)18(14-5-3-4-6-15(14)22)25-20(30)13-7-8-17(16(11-13)29(31)32)33-21-26-24-12-28(21)2/h3-12,18H,1-2H3,(H,25,30)/t18-/m0/s1. The van der Waals surface area contributed by atoms with Crippen LogP contribution in [-0.4, -0.2) is 35.1 Å². The van der Waals surface area contributed by atoms with Crippen LogP contribution in [0.1, 0.15) is 27.8 Å². The van der Waals surface area contributed by atoms with Gasteiger partial charge in [-0.1, -0.05) is 18.2 Å². The van der Waals surface area contributed by atoms with E-state index >= 15 is 0 Å². The maximum atomic E-state index is 14.6. The number of nitro groups is 1. The molecule has 1 amide bonds. The molecule has 168 valence electrons. The van der Waals surface area contributed by atoms with E-state index in [9.17, 15) is 19.3 Å². The van der Waals surface area contributed by atoms with Crippen molar-refractivity contribution in [1.29, 1.82) is 0 Å². The lowest BCUT2D eigenvalue weighted by Gasteiger charge is -2.20. The molecule has 0 saturated heterocycles. The molecule has 4 rings (SSSR count). The van der Waals surface area contributed by atoms with E-state index in [4.69, 9.17) is 0 Å². The maximum Gasteiger partial charge on any atom is 0.284 e. The van der Waals surface area contributed by atoms with E-state index in [0.29, 0.717) is 15.9 Å². The van der Waals surface area contributed by atoms with Crippen LogP contribution < -0.4 is 5.32 Å². The molecule has 2 aromatic carbocycles. The molecule has 0 aliphatic rings. The number of imidazole rings is 1. The average molecular weight is 467 g/mol. The second-order valence-electron chi connectivity index (χ2n) is 7.09. The minimum absolute atomic E-state index is 0.0552. The Morgan fingerprint density at radius 3 is 2.64 bits per heavy atom. The monoisotopic (exact) mass is 467 g/mol. The van der Waals surface area contributed by atoms with Crippen LogP contribution in [0.15, 0.2) is 71.2 Å². The molecule has 0 bridgehead atoms. The number of carbonyl (C=O) groups excluding carboxylic acids is 1. The summed E-state index contributed by atoms with van der Waals surface area (Å²) < 4.78 is 17.9. The number of aryl methyl sites for hydroxylation is 2. The smallest absolute Gasteiger partial charge is 0.284 e. The third-order valence-electron chi connectivity index (χ3n) is 4.90. The van der Waals surface area contributed by atoms with Crippen LogP contribution in [0.5, 0.6) is 0 Å². The van der Waals surface area contributed by atoms with E-state index in [-0.39, 0.29) is 16.8 Å². The number of benzene rings is 2. The summed E-state index contributed by atoms with van der Waals surface area (Å²) in [6.45, 7) is 0. The number of nitrogens with one attached hydrogen (secondary N) is 1. The summed E-state index contributed by atoms with van der Waals surface area (Å²) in [5, 5.41) is 22.6. The largest absolute Gasteiger partial charge is 0.338 e. The lowest BCUT2D eigenvalue weighted by atomic mass is 10.0. The van der Waals surface area contributed by atoms with Gasteiger partial charge < -0.3 is 14.5 Å². The van der Waals surface area contributed by atoms with Gasteiger partial charge in [0, 0.05) is 43.7 Å². The Balaban J connectivity index is 1.67. The summed E-state index contributed by atoms with van der Waals surface area (Å²) in [6, 6.07) is 9.29.